The minimum atomic E-state index is -0.892. The summed E-state index contributed by atoms with van der Waals surface area (Å²) in [4.78, 5) is 59.8. The zero-order valence-electron chi connectivity index (χ0n) is 39.4. The van der Waals surface area contributed by atoms with Gasteiger partial charge in [0, 0.05) is 72.6 Å². The van der Waals surface area contributed by atoms with E-state index in [2.05, 4.69) is 84.7 Å². The highest BCUT2D eigenvalue weighted by molar-refractivity contribution is 5.88. The normalized spacial score (nSPS) is 20.5. The van der Waals surface area contributed by atoms with Crippen LogP contribution in [0, 0.1) is 33.5 Å². The molecule has 0 spiro atoms. The number of hydrogen-bond donors (Lipinski definition) is 4. The first-order valence-electron chi connectivity index (χ1n) is 23.1. The van der Waals surface area contributed by atoms with E-state index in [4.69, 9.17) is 14.2 Å². The van der Waals surface area contributed by atoms with Crippen LogP contribution >= 0.6 is 0 Å². The van der Waals surface area contributed by atoms with Gasteiger partial charge < -0.3 is 55.1 Å². The maximum Gasteiger partial charge on any atom is 0.318 e. The Morgan fingerprint density at radius 3 is 1.42 bits per heavy atom. The number of nitriles is 2. The number of carbonyl (C=O) groups excluding carboxylic acids is 4. The number of rotatable bonds is 18. The maximum atomic E-state index is 13.3. The lowest BCUT2D eigenvalue weighted by Gasteiger charge is -2.39. The number of ether oxygens (including phenoxy) is 3. The number of carbonyl (C=O) groups is 4. The van der Waals surface area contributed by atoms with Gasteiger partial charge in [0.05, 0.1) is 38.6 Å². The predicted molar refractivity (Wildman–Crippen MR) is 238 cm³/mol. The first-order valence-corrected chi connectivity index (χ1v) is 23.1. The zero-order valence-corrected chi connectivity index (χ0v) is 39.4. The van der Waals surface area contributed by atoms with Crippen LogP contribution in [0.1, 0.15) is 112 Å². The van der Waals surface area contributed by atoms with E-state index in [9.17, 15) is 29.7 Å². The molecule has 0 radical (unpaired) electrons. The number of amides is 6. The van der Waals surface area contributed by atoms with Crippen molar-refractivity contribution in [3.63, 3.8) is 0 Å². The van der Waals surface area contributed by atoms with Crippen molar-refractivity contribution in [2.24, 2.45) is 10.8 Å². The third-order valence-electron chi connectivity index (χ3n) is 13.5. The molecule has 0 aromatic rings. The minimum absolute atomic E-state index is 0.0721. The fourth-order valence-corrected chi connectivity index (χ4v) is 7.74. The lowest BCUT2D eigenvalue weighted by atomic mass is 9.83. The Hall–Kier alpha value is -3.74. The number of nitrogens with zero attached hydrogens (tertiary/aromatic N) is 6. The van der Waals surface area contributed by atoms with Crippen LogP contribution in [-0.4, -0.2) is 173 Å². The van der Waals surface area contributed by atoms with Gasteiger partial charge in [0.15, 0.2) is 0 Å². The van der Waals surface area contributed by atoms with Gasteiger partial charge in [-0.15, -0.1) is 0 Å². The summed E-state index contributed by atoms with van der Waals surface area (Å²) < 4.78 is 15.8. The topological polar surface area (TPSA) is 205 Å². The van der Waals surface area contributed by atoms with E-state index in [0.717, 1.165) is 71.4 Å². The molecule has 0 unspecified atom stereocenters. The molecule has 4 aliphatic rings. The van der Waals surface area contributed by atoms with Gasteiger partial charge in [0.1, 0.15) is 23.2 Å². The molecule has 0 bridgehead atoms. The minimum Gasteiger partial charge on any atom is -0.385 e. The van der Waals surface area contributed by atoms with Crippen molar-refractivity contribution >= 4 is 23.9 Å². The van der Waals surface area contributed by atoms with E-state index >= 15 is 0 Å². The van der Waals surface area contributed by atoms with Gasteiger partial charge in [-0.2, -0.15) is 10.5 Å². The van der Waals surface area contributed by atoms with Crippen molar-refractivity contribution in [3.05, 3.63) is 0 Å². The maximum absolute atomic E-state index is 13.3. The average molecular weight is 873 g/mol. The molecule has 4 N–H and O–H groups in total. The van der Waals surface area contributed by atoms with E-state index in [1.54, 1.807) is 16.9 Å². The third kappa shape index (κ3) is 17.4. The Labute approximate surface area is 372 Å². The lowest BCUT2D eigenvalue weighted by Crippen LogP contribution is -2.60. The molecule has 6 amide bonds. The van der Waals surface area contributed by atoms with Gasteiger partial charge in [-0.1, -0.05) is 54.4 Å². The second-order valence-electron chi connectivity index (χ2n) is 19.2. The Kier molecular flexibility index (Phi) is 21.7. The molecule has 0 aromatic heterocycles. The van der Waals surface area contributed by atoms with Crippen molar-refractivity contribution in [3.8, 4) is 12.1 Å². The van der Waals surface area contributed by atoms with Gasteiger partial charge in [0.2, 0.25) is 11.8 Å². The molecule has 4 saturated heterocycles. The standard InChI is InChI=1S/C24H43N5O4.C21H37N5O3/c1-5-23(2,3)8-7-20(26-22(31)29-14-17-33-18-15-29)21(30)27-24(19-25)9-12-28(13-10-24)11-6-16-32-4;1-5-20(2,3)7-6-17(23-19(28)26-12-14-29-15-13-26)18(27)24-21(16-22)8-10-25(4)11-9-21/h20H,5-18H2,1-4H3,(H,26,31)(H,27,30);17H,5-15H2,1-4H3,(H,23,28)(H,24,27)/t20-;17-/m00/s1. The molecule has 0 aromatic carbocycles. The average Bonchev–Trinajstić information content (AvgIpc) is 3.28. The molecular formula is C45H80N10O7. The molecule has 17 heteroatoms. The molecule has 4 heterocycles. The van der Waals surface area contributed by atoms with Crippen LogP contribution in [0.15, 0.2) is 0 Å². The van der Waals surface area contributed by atoms with E-state index < -0.39 is 23.2 Å². The molecule has 4 rings (SSSR count). The second-order valence-corrected chi connectivity index (χ2v) is 19.2. The molecule has 2 atom stereocenters. The third-order valence-corrected chi connectivity index (χ3v) is 13.5. The highest BCUT2D eigenvalue weighted by Gasteiger charge is 2.40. The summed E-state index contributed by atoms with van der Waals surface area (Å²) in [6.07, 6.45) is 7.97. The first-order chi connectivity index (χ1) is 29.4. The van der Waals surface area contributed by atoms with Crippen LogP contribution in [0.25, 0.3) is 0 Å². The summed E-state index contributed by atoms with van der Waals surface area (Å²) in [5, 5.41) is 31.6. The molecular weight excluding hydrogens is 793 g/mol. The number of piperidine rings is 2. The van der Waals surface area contributed by atoms with Crippen LogP contribution in [0.5, 0.6) is 0 Å². The SMILES string of the molecule is CCC(C)(C)CC[C@H](NC(=O)N1CCOCC1)C(=O)NC1(C#N)CCN(C)CC1.CCC(C)(C)CC[C@H](NC(=O)N1CCOCC1)C(=O)NC1(C#N)CCN(CCCOC)CC1. The van der Waals surface area contributed by atoms with E-state index in [1.807, 2.05) is 7.05 Å². The van der Waals surface area contributed by atoms with Gasteiger partial charge >= 0.3 is 12.1 Å². The van der Waals surface area contributed by atoms with Crippen LogP contribution in [0.4, 0.5) is 9.59 Å². The summed E-state index contributed by atoms with van der Waals surface area (Å²) in [5.41, 5.74) is -1.59. The fourth-order valence-electron chi connectivity index (χ4n) is 7.74. The second kappa shape index (κ2) is 25.5. The van der Waals surface area contributed by atoms with Crippen LogP contribution < -0.4 is 21.3 Å². The number of nitrogens with one attached hydrogen (secondary N) is 4. The lowest BCUT2D eigenvalue weighted by molar-refractivity contribution is -0.126. The number of methoxy groups -OCH3 is 1. The van der Waals surface area contributed by atoms with Gasteiger partial charge in [-0.25, -0.2) is 9.59 Å². The van der Waals surface area contributed by atoms with Crippen LogP contribution in [0.3, 0.4) is 0 Å². The summed E-state index contributed by atoms with van der Waals surface area (Å²) in [6, 6.07) is 2.89. The molecule has 4 aliphatic heterocycles. The Bertz CT molecular complexity index is 1490. The Morgan fingerprint density at radius 1 is 0.677 bits per heavy atom. The molecule has 0 saturated carbocycles. The largest absolute Gasteiger partial charge is 0.385 e. The number of morpholine rings is 2. The number of hydrogen-bond acceptors (Lipinski definition) is 11. The first kappa shape index (κ1) is 52.6. The van der Waals surface area contributed by atoms with Crippen molar-refractivity contribution in [1.29, 1.82) is 10.5 Å². The van der Waals surface area contributed by atoms with Crippen molar-refractivity contribution in [2.45, 2.75) is 135 Å². The summed E-state index contributed by atoms with van der Waals surface area (Å²) >= 11 is 0. The predicted octanol–water partition coefficient (Wildman–Crippen LogP) is 3.84. The molecule has 62 heavy (non-hydrogen) atoms. The van der Waals surface area contributed by atoms with Crippen molar-refractivity contribution in [2.75, 3.05) is 106 Å². The van der Waals surface area contributed by atoms with Gasteiger partial charge in [0.25, 0.3) is 0 Å². The summed E-state index contributed by atoms with van der Waals surface area (Å²) in [5.74, 6) is -0.525. The van der Waals surface area contributed by atoms with Gasteiger partial charge in [-0.05, 0) is 75.7 Å². The van der Waals surface area contributed by atoms with Crippen LogP contribution in [0.2, 0.25) is 0 Å². The Balaban J connectivity index is 0.000000333. The highest BCUT2D eigenvalue weighted by Crippen LogP contribution is 2.29. The Morgan fingerprint density at radius 2 is 1.06 bits per heavy atom. The van der Waals surface area contributed by atoms with E-state index in [1.165, 1.54) is 0 Å². The van der Waals surface area contributed by atoms with Crippen LogP contribution in [-0.2, 0) is 23.8 Å². The highest BCUT2D eigenvalue weighted by atomic mass is 16.5. The quantitative estimate of drug-likeness (QED) is 0.146. The smallest absolute Gasteiger partial charge is 0.318 e. The van der Waals surface area contributed by atoms with Crippen molar-refractivity contribution < 1.29 is 33.4 Å². The summed E-state index contributed by atoms with van der Waals surface area (Å²) in [7, 11) is 3.71. The van der Waals surface area contributed by atoms with Gasteiger partial charge in [-0.3, -0.25) is 9.59 Å². The number of urea groups is 2. The molecule has 4 fully saturated rings. The van der Waals surface area contributed by atoms with E-state index in [0.29, 0.717) is 91.1 Å². The monoisotopic (exact) mass is 873 g/mol. The molecule has 17 nitrogen and oxygen atoms in total. The summed E-state index contributed by atoms with van der Waals surface area (Å²) in [6.45, 7) is 21.7. The number of likely N-dealkylation sites (tertiary alicyclic amines) is 2. The molecule has 0 aliphatic carbocycles. The molecule has 352 valence electrons. The van der Waals surface area contributed by atoms with Crippen molar-refractivity contribution in [1.82, 2.24) is 40.9 Å². The van der Waals surface area contributed by atoms with E-state index in [-0.39, 0.29) is 34.7 Å². The zero-order chi connectivity index (χ0) is 45.8. The fraction of sp³-hybridized carbons (Fsp3) is 0.867.